The maximum absolute atomic E-state index is 13.0. The Kier molecular flexibility index (Phi) is 7.34. The third kappa shape index (κ3) is 5.00. The van der Waals surface area contributed by atoms with Gasteiger partial charge in [0, 0.05) is 38.2 Å². The molecule has 1 amide bonds. The van der Waals surface area contributed by atoms with Gasteiger partial charge in [-0.1, -0.05) is 36.4 Å². The fraction of sp³-hybridized carbons (Fsp3) is 0.222. The van der Waals surface area contributed by atoms with E-state index in [-0.39, 0.29) is 11.3 Å². The minimum atomic E-state index is -0.723. The van der Waals surface area contributed by atoms with Gasteiger partial charge in [-0.2, -0.15) is 0 Å². The monoisotopic (exact) mass is 458 g/mol. The van der Waals surface area contributed by atoms with Crippen LogP contribution >= 0.6 is 0 Å². The molecule has 0 saturated carbocycles. The van der Waals surface area contributed by atoms with Crippen LogP contribution in [0.2, 0.25) is 0 Å². The molecule has 1 aliphatic rings. The second kappa shape index (κ2) is 10.8. The zero-order valence-electron chi connectivity index (χ0n) is 18.9. The molecule has 1 saturated heterocycles. The molecule has 174 valence electrons. The smallest absolute Gasteiger partial charge is 0.295 e. The molecule has 0 radical (unpaired) electrons. The largest absolute Gasteiger partial charge is 0.507 e. The van der Waals surface area contributed by atoms with E-state index >= 15 is 0 Å². The lowest BCUT2D eigenvalue weighted by atomic mass is 9.96. The molecule has 7 heteroatoms. The molecule has 1 aliphatic heterocycles. The number of ether oxygens (including phenoxy) is 2. The lowest BCUT2D eigenvalue weighted by Crippen LogP contribution is -2.31. The summed E-state index contributed by atoms with van der Waals surface area (Å²) in [6.07, 6.45) is 3.79. The normalized spacial score (nSPS) is 17.2. The van der Waals surface area contributed by atoms with Gasteiger partial charge in [-0.3, -0.25) is 14.6 Å². The van der Waals surface area contributed by atoms with Gasteiger partial charge in [0.1, 0.15) is 18.1 Å². The molecule has 0 bridgehead atoms. The van der Waals surface area contributed by atoms with Crippen molar-refractivity contribution in [2.24, 2.45) is 0 Å². The second-order valence-electron chi connectivity index (χ2n) is 7.92. The average molecular weight is 459 g/mol. The van der Waals surface area contributed by atoms with E-state index in [1.807, 2.05) is 30.3 Å². The number of nitrogens with zero attached hydrogens (tertiary/aromatic N) is 2. The van der Waals surface area contributed by atoms with Crippen LogP contribution in [-0.2, 0) is 20.9 Å². The number of rotatable bonds is 9. The van der Waals surface area contributed by atoms with Gasteiger partial charge in [0.2, 0.25) is 0 Å². The van der Waals surface area contributed by atoms with Gasteiger partial charge in [-0.15, -0.1) is 0 Å². The van der Waals surface area contributed by atoms with Crippen LogP contribution in [0, 0.1) is 0 Å². The van der Waals surface area contributed by atoms with Crippen LogP contribution < -0.4 is 4.74 Å². The topological polar surface area (TPSA) is 89.0 Å². The molecule has 1 aromatic heterocycles. The van der Waals surface area contributed by atoms with Gasteiger partial charge >= 0.3 is 0 Å². The van der Waals surface area contributed by atoms with Crippen LogP contribution in [0.5, 0.6) is 5.75 Å². The Morgan fingerprint density at radius 3 is 2.47 bits per heavy atom. The third-order valence-corrected chi connectivity index (χ3v) is 5.66. The minimum Gasteiger partial charge on any atom is -0.507 e. The number of hydrogen-bond acceptors (Lipinski definition) is 6. The molecule has 1 N–H and O–H groups in total. The molecule has 4 rings (SSSR count). The molecule has 0 spiro atoms. The molecule has 3 aromatic rings. The van der Waals surface area contributed by atoms with Gasteiger partial charge in [-0.05, 0) is 47.9 Å². The predicted molar refractivity (Wildman–Crippen MR) is 127 cm³/mol. The first-order valence-corrected chi connectivity index (χ1v) is 11.0. The number of aliphatic hydroxyl groups is 1. The zero-order chi connectivity index (χ0) is 23.9. The first kappa shape index (κ1) is 23.2. The van der Waals surface area contributed by atoms with E-state index in [0.29, 0.717) is 43.1 Å². The summed E-state index contributed by atoms with van der Waals surface area (Å²) in [6.45, 7) is 1.19. The van der Waals surface area contributed by atoms with E-state index in [0.717, 1.165) is 5.56 Å². The molecular formula is C27H26N2O5. The maximum Gasteiger partial charge on any atom is 0.295 e. The van der Waals surface area contributed by atoms with E-state index in [4.69, 9.17) is 9.47 Å². The number of amides is 1. The van der Waals surface area contributed by atoms with Crippen molar-refractivity contribution >= 4 is 17.4 Å². The first-order valence-electron chi connectivity index (χ1n) is 11.0. The predicted octanol–water partition coefficient (Wildman–Crippen LogP) is 4.12. The maximum atomic E-state index is 13.0. The zero-order valence-corrected chi connectivity index (χ0v) is 18.9. The van der Waals surface area contributed by atoms with Gasteiger partial charge < -0.3 is 19.5 Å². The van der Waals surface area contributed by atoms with Crippen LogP contribution in [0.25, 0.3) is 5.76 Å². The molecule has 2 aromatic carbocycles. The highest BCUT2D eigenvalue weighted by atomic mass is 16.5. The van der Waals surface area contributed by atoms with Crippen LogP contribution in [0.15, 0.2) is 84.7 Å². The summed E-state index contributed by atoms with van der Waals surface area (Å²) in [5.41, 5.74) is 2.17. The SMILES string of the molecule is COCCCN1C(=O)C(=O)C(=C(O)c2ccc(OCc3ccccc3)cc2)[C@H]1c1cccnc1. The molecule has 0 aliphatic carbocycles. The summed E-state index contributed by atoms with van der Waals surface area (Å²) in [5, 5.41) is 11.1. The van der Waals surface area contributed by atoms with Crippen molar-refractivity contribution < 1.29 is 24.2 Å². The van der Waals surface area contributed by atoms with Crippen molar-refractivity contribution in [2.75, 3.05) is 20.3 Å². The Labute approximate surface area is 198 Å². The lowest BCUT2D eigenvalue weighted by Gasteiger charge is -2.25. The summed E-state index contributed by atoms with van der Waals surface area (Å²) in [6, 6.07) is 19.4. The molecular weight excluding hydrogens is 432 g/mol. The quantitative estimate of drug-likeness (QED) is 0.225. The van der Waals surface area contributed by atoms with Crippen molar-refractivity contribution in [3.63, 3.8) is 0 Å². The van der Waals surface area contributed by atoms with Crippen molar-refractivity contribution in [2.45, 2.75) is 19.1 Å². The number of carbonyl (C=O) groups is 2. The highest BCUT2D eigenvalue weighted by Crippen LogP contribution is 2.39. The Hall–Kier alpha value is -3.97. The summed E-state index contributed by atoms with van der Waals surface area (Å²) in [5.74, 6) is -0.956. The number of aromatic nitrogens is 1. The average Bonchev–Trinajstić information content (AvgIpc) is 3.14. The third-order valence-electron chi connectivity index (χ3n) is 5.66. The van der Waals surface area contributed by atoms with Crippen LogP contribution in [0.4, 0.5) is 0 Å². The molecule has 7 nitrogen and oxygen atoms in total. The highest BCUT2D eigenvalue weighted by molar-refractivity contribution is 6.46. The van der Waals surface area contributed by atoms with Crippen molar-refractivity contribution in [3.05, 3.63) is 101 Å². The molecule has 2 heterocycles. The molecule has 1 fully saturated rings. The fourth-order valence-electron chi connectivity index (χ4n) is 3.98. The van der Waals surface area contributed by atoms with Crippen molar-refractivity contribution in [1.29, 1.82) is 0 Å². The molecule has 34 heavy (non-hydrogen) atoms. The van der Waals surface area contributed by atoms with Gasteiger partial charge in [0.05, 0.1) is 11.6 Å². The van der Waals surface area contributed by atoms with Crippen LogP contribution in [-0.4, -0.2) is 46.9 Å². The number of pyridine rings is 1. The van der Waals surface area contributed by atoms with E-state index in [2.05, 4.69) is 4.98 Å². The molecule has 0 unspecified atom stereocenters. The standard InChI is InChI=1S/C27H26N2O5/c1-33-16-6-15-29-24(21-9-5-14-28-17-21)23(26(31)27(29)32)25(30)20-10-12-22(13-11-20)34-18-19-7-3-2-4-8-19/h2-5,7-14,17,24,30H,6,15-16,18H2,1H3/t24-/m1/s1. The number of benzene rings is 2. The van der Waals surface area contributed by atoms with Crippen molar-refractivity contribution in [3.8, 4) is 5.75 Å². The number of hydrogen-bond donors (Lipinski definition) is 1. The Morgan fingerprint density at radius 2 is 1.79 bits per heavy atom. The number of carbonyl (C=O) groups excluding carboxylic acids is 2. The Balaban J connectivity index is 1.62. The second-order valence-corrected chi connectivity index (χ2v) is 7.92. The summed E-state index contributed by atoms with van der Waals surface area (Å²) in [7, 11) is 1.58. The highest BCUT2D eigenvalue weighted by Gasteiger charge is 2.45. The number of Topliss-reactive ketones (excluding diaryl/α,β-unsaturated/α-hetero) is 1. The Morgan fingerprint density at radius 1 is 1.03 bits per heavy atom. The fourth-order valence-corrected chi connectivity index (χ4v) is 3.98. The number of ketones is 1. The van der Waals surface area contributed by atoms with E-state index in [9.17, 15) is 14.7 Å². The van der Waals surface area contributed by atoms with Crippen LogP contribution in [0.3, 0.4) is 0 Å². The van der Waals surface area contributed by atoms with Gasteiger partial charge in [0.15, 0.2) is 0 Å². The van der Waals surface area contributed by atoms with Crippen LogP contribution in [0.1, 0.15) is 29.2 Å². The van der Waals surface area contributed by atoms with Crippen molar-refractivity contribution in [1.82, 2.24) is 9.88 Å². The van der Waals surface area contributed by atoms with Gasteiger partial charge in [-0.25, -0.2) is 0 Å². The van der Waals surface area contributed by atoms with E-state index in [1.54, 1.807) is 55.9 Å². The first-order chi connectivity index (χ1) is 16.6. The summed E-state index contributed by atoms with van der Waals surface area (Å²) < 4.78 is 10.9. The number of likely N-dealkylation sites (tertiary alicyclic amines) is 1. The summed E-state index contributed by atoms with van der Waals surface area (Å²) in [4.78, 5) is 31.5. The van der Waals surface area contributed by atoms with E-state index < -0.39 is 17.7 Å². The van der Waals surface area contributed by atoms with Gasteiger partial charge in [0.25, 0.3) is 11.7 Å². The summed E-state index contributed by atoms with van der Waals surface area (Å²) >= 11 is 0. The number of aliphatic hydroxyl groups excluding tert-OH is 1. The molecule has 1 atom stereocenters. The Bertz CT molecular complexity index is 1160. The minimum absolute atomic E-state index is 0.0494. The lowest BCUT2D eigenvalue weighted by molar-refractivity contribution is -0.140. The van der Waals surface area contributed by atoms with E-state index in [1.165, 1.54) is 4.90 Å². The number of methoxy groups -OCH3 is 1.